The van der Waals surface area contributed by atoms with Crippen molar-refractivity contribution in [1.29, 1.82) is 0 Å². The van der Waals surface area contributed by atoms with Crippen LogP contribution >= 0.6 is 0 Å². The summed E-state index contributed by atoms with van der Waals surface area (Å²) in [6.45, 7) is 0. The molecule has 128 valence electrons. The highest BCUT2D eigenvalue weighted by atomic mass is 19.4. The van der Waals surface area contributed by atoms with Crippen molar-refractivity contribution < 1.29 is 23.1 Å². The molecule has 0 aliphatic heterocycles. The van der Waals surface area contributed by atoms with Gasteiger partial charge in [0, 0.05) is 6.42 Å². The average molecular weight is 348 g/mol. The summed E-state index contributed by atoms with van der Waals surface area (Å²) in [5.41, 5.74) is -1.33. The summed E-state index contributed by atoms with van der Waals surface area (Å²) in [4.78, 5) is 29.7. The van der Waals surface area contributed by atoms with E-state index in [-0.39, 0.29) is 34.3 Å². The third-order valence-corrected chi connectivity index (χ3v) is 3.68. The Balaban J connectivity index is 2.09. The predicted molar refractivity (Wildman–Crippen MR) is 83.6 cm³/mol. The van der Waals surface area contributed by atoms with Gasteiger partial charge >= 0.3 is 12.1 Å². The van der Waals surface area contributed by atoms with E-state index in [0.717, 1.165) is 6.07 Å². The minimum atomic E-state index is -4.52. The maximum Gasteiger partial charge on any atom is 0.416 e. The van der Waals surface area contributed by atoms with Crippen LogP contribution in [0.15, 0.2) is 47.3 Å². The Bertz CT molecular complexity index is 1030. The van der Waals surface area contributed by atoms with Gasteiger partial charge < -0.3 is 10.1 Å². The molecule has 3 rings (SSSR count). The minimum Gasteiger partial charge on any atom is -0.478 e. The summed E-state index contributed by atoms with van der Waals surface area (Å²) in [5, 5.41) is 9.17. The lowest BCUT2D eigenvalue weighted by atomic mass is 10.0. The maximum absolute atomic E-state index is 13.1. The highest BCUT2D eigenvalue weighted by Gasteiger charge is 2.32. The number of hydrogen-bond acceptors (Lipinski definition) is 3. The van der Waals surface area contributed by atoms with Crippen LogP contribution in [0.2, 0.25) is 0 Å². The van der Waals surface area contributed by atoms with Crippen LogP contribution in [0.1, 0.15) is 27.3 Å². The number of halogens is 3. The van der Waals surface area contributed by atoms with Crippen molar-refractivity contribution in [2.75, 3.05) is 0 Å². The first-order chi connectivity index (χ1) is 11.8. The van der Waals surface area contributed by atoms with Crippen molar-refractivity contribution in [3.05, 3.63) is 75.3 Å². The molecular formula is C17H11F3N2O3. The topological polar surface area (TPSA) is 83.0 Å². The summed E-state index contributed by atoms with van der Waals surface area (Å²) in [6, 6.07) is 8.80. The molecule has 0 aliphatic carbocycles. The Hall–Kier alpha value is -3.16. The van der Waals surface area contributed by atoms with Crippen LogP contribution in [0, 0.1) is 0 Å². The fourth-order valence-corrected chi connectivity index (χ4v) is 2.54. The van der Waals surface area contributed by atoms with E-state index in [4.69, 9.17) is 5.11 Å². The van der Waals surface area contributed by atoms with Crippen molar-refractivity contribution in [2.45, 2.75) is 12.6 Å². The normalized spacial score (nSPS) is 11.6. The quantitative estimate of drug-likeness (QED) is 0.761. The number of rotatable bonds is 3. The first-order valence-electron chi connectivity index (χ1n) is 7.17. The van der Waals surface area contributed by atoms with Crippen molar-refractivity contribution in [3.8, 4) is 0 Å². The standard InChI is InChI=1S/C17H11F3N2O3/c18-17(19,20)12-4-2-1-3-9(12)8-14-21-13-7-10(16(24)25)5-6-11(13)15(23)22-14/h1-7H,8H2,(H,24,25)(H,21,22,23). The Morgan fingerprint density at radius 3 is 2.56 bits per heavy atom. The van der Waals surface area contributed by atoms with E-state index in [1.165, 1.54) is 36.4 Å². The molecule has 0 amide bonds. The summed E-state index contributed by atoms with van der Waals surface area (Å²) in [5.74, 6) is -1.16. The van der Waals surface area contributed by atoms with Gasteiger partial charge in [-0.3, -0.25) is 4.79 Å². The second-order valence-electron chi connectivity index (χ2n) is 5.38. The van der Waals surface area contributed by atoms with Crippen LogP contribution in [-0.4, -0.2) is 21.0 Å². The highest BCUT2D eigenvalue weighted by Crippen LogP contribution is 2.32. The Morgan fingerprint density at radius 2 is 1.88 bits per heavy atom. The molecule has 0 aliphatic rings. The Kier molecular flexibility index (Phi) is 4.03. The van der Waals surface area contributed by atoms with Crippen LogP contribution in [-0.2, 0) is 12.6 Å². The second-order valence-corrected chi connectivity index (χ2v) is 5.38. The fourth-order valence-electron chi connectivity index (χ4n) is 2.54. The molecule has 1 aromatic heterocycles. The van der Waals surface area contributed by atoms with Gasteiger partial charge in [-0.1, -0.05) is 18.2 Å². The van der Waals surface area contributed by atoms with Gasteiger partial charge in [0.1, 0.15) is 5.82 Å². The molecule has 5 nitrogen and oxygen atoms in total. The van der Waals surface area contributed by atoms with E-state index in [2.05, 4.69) is 9.97 Å². The fraction of sp³-hybridized carbons (Fsp3) is 0.118. The van der Waals surface area contributed by atoms with Crippen LogP contribution in [0.4, 0.5) is 13.2 Å². The van der Waals surface area contributed by atoms with Gasteiger partial charge in [0.15, 0.2) is 0 Å². The van der Waals surface area contributed by atoms with Crippen molar-refractivity contribution in [2.24, 2.45) is 0 Å². The smallest absolute Gasteiger partial charge is 0.416 e. The zero-order valence-corrected chi connectivity index (χ0v) is 12.6. The van der Waals surface area contributed by atoms with Gasteiger partial charge in [-0.05, 0) is 29.8 Å². The predicted octanol–water partition coefficient (Wildman–Crippen LogP) is 3.23. The van der Waals surface area contributed by atoms with E-state index in [1.807, 2.05) is 0 Å². The summed E-state index contributed by atoms with van der Waals surface area (Å²) in [6.07, 6.45) is -4.76. The third kappa shape index (κ3) is 3.37. The minimum absolute atomic E-state index is 0.0248. The molecule has 0 atom stereocenters. The molecule has 8 heteroatoms. The molecule has 0 saturated heterocycles. The van der Waals surface area contributed by atoms with Crippen molar-refractivity contribution >= 4 is 16.9 Å². The lowest BCUT2D eigenvalue weighted by Crippen LogP contribution is -2.15. The molecule has 0 radical (unpaired) electrons. The molecule has 0 unspecified atom stereocenters. The Morgan fingerprint density at radius 1 is 1.16 bits per heavy atom. The van der Waals surface area contributed by atoms with Crippen molar-refractivity contribution in [3.63, 3.8) is 0 Å². The van der Waals surface area contributed by atoms with Gasteiger partial charge in [0.25, 0.3) is 5.56 Å². The number of alkyl halides is 3. The van der Waals surface area contributed by atoms with E-state index < -0.39 is 23.3 Å². The number of nitrogens with zero attached hydrogens (tertiary/aromatic N) is 1. The lowest BCUT2D eigenvalue weighted by molar-refractivity contribution is -0.138. The number of aromatic amines is 1. The van der Waals surface area contributed by atoms with Crippen LogP contribution in [0.3, 0.4) is 0 Å². The zero-order valence-electron chi connectivity index (χ0n) is 12.6. The molecule has 2 aromatic carbocycles. The van der Waals surface area contributed by atoms with E-state index >= 15 is 0 Å². The van der Waals surface area contributed by atoms with Crippen LogP contribution < -0.4 is 5.56 Å². The van der Waals surface area contributed by atoms with Crippen molar-refractivity contribution in [1.82, 2.24) is 9.97 Å². The SMILES string of the molecule is O=C(O)c1ccc2c(=O)[nH]c(Cc3ccccc3C(F)(F)F)nc2c1. The summed E-state index contributed by atoms with van der Waals surface area (Å²) in [7, 11) is 0. The van der Waals surface area contributed by atoms with E-state index in [9.17, 15) is 22.8 Å². The number of carboxylic acid groups (broad SMARTS) is 1. The largest absolute Gasteiger partial charge is 0.478 e. The van der Waals surface area contributed by atoms with Gasteiger partial charge in [-0.25, -0.2) is 9.78 Å². The number of H-pyrrole nitrogens is 1. The molecule has 0 fully saturated rings. The van der Waals surface area contributed by atoms with Gasteiger partial charge in [-0.2, -0.15) is 13.2 Å². The number of benzene rings is 2. The maximum atomic E-state index is 13.1. The van der Waals surface area contributed by atoms with Gasteiger partial charge in [0.05, 0.1) is 22.0 Å². The number of aromatic carboxylic acids is 1. The monoisotopic (exact) mass is 348 g/mol. The van der Waals surface area contributed by atoms with Gasteiger partial charge in [-0.15, -0.1) is 0 Å². The summed E-state index contributed by atoms with van der Waals surface area (Å²) < 4.78 is 39.2. The lowest BCUT2D eigenvalue weighted by Gasteiger charge is -2.12. The third-order valence-electron chi connectivity index (χ3n) is 3.68. The molecule has 0 bridgehead atoms. The molecule has 25 heavy (non-hydrogen) atoms. The molecule has 3 aromatic rings. The number of carbonyl (C=O) groups is 1. The summed E-state index contributed by atoms with van der Waals surface area (Å²) >= 11 is 0. The van der Waals surface area contributed by atoms with E-state index in [0.29, 0.717) is 0 Å². The first-order valence-corrected chi connectivity index (χ1v) is 7.17. The number of nitrogens with one attached hydrogen (secondary N) is 1. The number of aromatic nitrogens is 2. The first kappa shape index (κ1) is 16.7. The zero-order chi connectivity index (χ0) is 18.2. The molecule has 2 N–H and O–H groups in total. The molecular weight excluding hydrogens is 337 g/mol. The number of carboxylic acids is 1. The van der Waals surface area contributed by atoms with E-state index in [1.54, 1.807) is 0 Å². The van der Waals surface area contributed by atoms with Crippen LogP contribution in [0.25, 0.3) is 10.9 Å². The van der Waals surface area contributed by atoms with Gasteiger partial charge in [0.2, 0.25) is 0 Å². The highest BCUT2D eigenvalue weighted by molar-refractivity contribution is 5.92. The molecule has 0 saturated carbocycles. The second kappa shape index (κ2) is 6.04. The number of hydrogen-bond donors (Lipinski definition) is 2. The molecule has 0 spiro atoms. The Labute approximate surface area is 138 Å². The molecule has 1 heterocycles. The average Bonchev–Trinajstić information content (AvgIpc) is 2.53. The van der Waals surface area contributed by atoms with Crippen LogP contribution in [0.5, 0.6) is 0 Å². The number of fused-ring (bicyclic) bond motifs is 1.